The molecule has 0 saturated carbocycles. The number of aryl methyl sites for hydroxylation is 1. The molecule has 2 N–H and O–H groups in total. The smallest absolute Gasteiger partial charge is 0.417 e. The molecule has 4 aromatic rings. The largest absolute Gasteiger partial charge is 0.481 e. The van der Waals surface area contributed by atoms with Crippen molar-refractivity contribution in [1.82, 2.24) is 14.8 Å². The minimum Gasteiger partial charge on any atom is -0.481 e. The molecule has 0 aliphatic heterocycles. The average Bonchev–Trinajstić information content (AvgIpc) is 3.21. The number of benzene rings is 2. The lowest BCUT2D eigenvalue weighted by Gasteiger charge is -2.17. The highest BCUT2D eigenvalue weighted by Crippen LogP contribution is 2.40. The zero-order valence-electron chi connectivity index (χ0n) is 17.8. The van der Waals surface area contributed by atoms with Crippen molar-refractivity contribution in [2.45, 2.75) is 12.6 Å². The lowest BCUT2D eigenvalue weighted by molar-refractivity contribution is -0.137. The maximum absolute atomic E-state index is 14.9. The summed E-state index contributed by atoms with van der Waals surface area (Å²) in [5.74, 6) is -2.21. The van der Waals surface area contributed by atoms with E-state index in [1.54, 1.807) is 37.4 Å². The number of pyridine rings is 1. The Morgan fingerprint density at radius 3 is 2.44 bits per heavy atom. The van der Waals surface area contributed by atoms with Gasteiger partial charge in [-0.05, 0) is 29.8 Å². The molecule has 6 nitrogen and oxygen atoms in total. The summed E-state index contributed by atoms with van der Waals surface area (Å²) in [5.41, 5.74) is -0.0395. The summed E-state index contributed by atoms with van der Waals surface area (Å²) in [4.78, 5) is 15.5. The summed E-state index contributed by atoms with van der Waals surface area (Å²) >= 11 is 0. The first-order valence-corrected chi connectivity index (χ1v) is 10.1. The number of anilines is 2. The van der Waals surface area contributed by atoms with E-state index in [2.05, 4.69) is 15.4 Å². The highest BCUT2D eigenvalue weighted by Gasteiger charge is 2.35. The second-order valence-corrected chi connectivity index (χ2v) is 7.55. The van der Waals surface area contributed by atoms with Gasteiger partial charge in [0.05, 0.1) is 34.7 Å². The molecule has 2 heterocycles. The first-order valence-electron chi connectivity index (χ1n) is 10.1. The number of rotatable bonds is 6. The van der Waals surface area contributed by atoms with Crippen molar-refractivity contribution in [2.75, 3.05) is 5.32 Å². The number of hydrogen-bond donors (Lipinski definition) is 2. The zero-order valence-corrected chi connectivity index (χ0v) is 17.8. The molecule has 2 aromatic heterocycles. The Morgan fingerprint density at radius 2 is 1.82 bits per heavy atom. The lowest BCUT2D eigenvalue weighted by Crippen LogP contribution is -2.10. The predicted molar refractivity (Wildman–Crippen MR) is 118 cm³/mol. The van der Waals surface area contributed by atoms with Crippen LogP contribution in [0.5, 0.6) is 0 Å². The maximum Gasteiger partial charge on any atom is 0.417 e. The van der Waals surface area contributed by atoms with Gasteiger partial charge in [-0.15, -0.1) is 0 Å². The van der Waals surface area contributed by atoms with E-state index in [9.17, 15) is 22.4 Å². The van der Waals surface area contributed by atoms with Crippen molar-refractivity contribution >= 4 is 17.3 Å². The fourth-order valence-electron chi connectivity index (χ4n) is 3.52. The quantitative estimate of drug-likeness (QED) is 0.355. The Labute approximate surface area is 191 Å². The Hall–Kier alpha value is -4.21. The number of carboxylic acid groups (broad SMARTS) is 1. The molecule has 10 heteroatoms. The van der Waals surface area contributed by atoms with Gasteiger partial charge >= 0.3 is 12.1 Å². The van der Waals surface area contributed by atoms with Crippen LogP contribution in [-0.2, 0) is 24.4 Å². The van der Waals surface area contributed by atoms with Crippen LogP contribution in [0.1, 0.15) is 11.1 Å². The van der Waals surface area contributed by atoms with E-state index in [0.717, 1.165) is 6.07 Å². The first kappa shape index (κ1) is 23.0. The van der Waals surface area contributed by atoms with Gasteiger partial charge in [-0.25, -0.2) is 4.39 Å². The van der Waals surface area contributed by atoms with Crippen LogP contribution < -0.4 is 5.32 Å². The molecule has 0 aliphatic rings. The van der Waals surface area contributed by atoms with Crippen LogP contribution in [0.3, 0.4) is 0 Å². The second kappa shape index (κ2) is 8.97. The number of nitrogens with one attached hydrogen (secondary N) is 1. The van der Waals surface area contributed by atoms with Crippen LogP contribution >= 0.6 is 0 Å². The number of aliphatic carboxylic acids is 1. The van der Waals surface area contributed by atoms with Gasteiger partial charge < -0.3 is 10.4 Å². The number of hydrogen-bond acceptors (Lipinski definition) is 4. The molecule has 174 valence electrons. The topological polar surface area (TPSA) is 80.0 Å². The Kier molecular flexibility index (Phi) is 6.06. The van der Waals surface area contributed by atoms with Crippen LogP contribution in [0, 0.1) is 5.82 Å². The van der Waals surface area contributed by atoms with Gasteiger partial charge in [0, 0.05) is 30.6 Å². The maximum atomic E-state index is 14.9. The van der Waals surface area contributed by atoms with E-state index in [1.807, 2.05) is 0 Å². The Morgan fingerprint density at radius 1 is 1.09 bits per heavy atom. The van der Waals surface area contributed by atoms with E-state index in [4.69, 9.17) is 5.11 Å². The number of alkyl halides is 3. The van der Waals surface area contributed by atoms with Crippen LogP contribution in [0.15, 0.2) is 67.0 Å². The fraction of sp³-hybridized carbons (Fsp3) is 0.125. The van der Waals surface area contributed by atoms with Gasteiger partial charge in [0.15, 0.2) is 0 Å². The molecule has 0 bridgehead atoms. The predicted octanol–water partition coefficient (Wildman–Crippen LogP) is 5.68. The molecule has 2 aromatic carbocycles. The molecule has 0 amide bonds. The Balaban J connectivity index is 1.85. The van der Waals surface area contributed by atoms with Gasteiger partial charge in [0.2, 0.25) is 0 Å². The number of carboxylic acids is 1. The van der Waals surface area contributed by atoms with Crippen molar-refractivity contribution in [3.63, 3.8) is 0 Å². The summed E-state index contributed by atoms with van der Waals surface area (Å²) in [6, 6.07) is 13.2. The normalized spacial score (nSPS) is 11.4. The minimum absolute atomic E-state index is 0.0268. The highest BCUT2D eigenvalue weighted by molar-refractivity contribution is 5.81. The monoisotopic (exact) mass is 470 g/mol. The summed E-state index contributed by atoms with van der Waals surface area (Å²) in [7, 11) is 1.56. The van der Waals surface area contributed by atoms with Crippen molar-refractivity contribution < 1.29 is 27.5 Å². The van der Waals surface area contributed by atoms with Crippen LogP contribution in [-0.4, -0.2) is 25.8 Å². The van der Waals surface area contributed by atoms with Gasteiger partial charge in [0.25, 0.3) is 0 Å². The summed E-state index contributed by atoms with van der Waals surface area (Å²) in [6.07, 6.45) is -2.25. The number of aromatic nitrogens is 3. The molecular formula is C24H18F4N4O2. The van der Waals surface area contributed by atoms with Gasteiger partial charge in [-0.3, -0.25) is 14.5 Å². The van der Waals surface area contributed by atoms with E-state index >= 15 is 0 Å². The van der Waals surface area contributed by atoms with Crippen molar-refractivity contribution in [3.05, 3.63) is 83.9 Å². The summed E-state index contributed by atoms with van der Waals surface area (Å²) in [6.45, 7) is 0. The van der Waals surface area contributed by atoms with Crippen molar-refractivity contribution in [2.24, 2.45) is 7.05 Å². The molecule has 0 atom stereocenters. The zero-order chi connectivity index (χ0) is 24.5. The molecule has 0 saturated heterocycles. The molecule has 0 fully saturated rings. The highest BCUT2D eigenvalue weighted by atomic mass is 19.4. The van der Waals surface area contributed by atoms with Crippen molar-refractivity contribution in [1.29, 1.82) is 0 Å². The van der Waals surface area contributed by atoms with Gasteiger partial charge in [-0.1, -0.05) is 30.3 Å². The summed E-state index contributed by atoms with van der Waals surface area (Å²) in [5, 5.41) is 16.0. The number of nitrogens with zero attached hydrogens (tertiary/aromatic N) is 3. The first-order chi connectivity index (χ1) is 16.1. The third-order valence-corrected chi connectivity index (χ3v) is 5.02. The average molecular weight is 470 g/mol. The molecule has 4 rings (SSSR count). The second-order valence-electron chi connectivity index (χ2n) is 7.55. The molecular weight excluding hydrogens is 452 g/mol. The molecule has 0 radical (unpaired) electrons. The van der Waals surface area contributed by atoms with E-state index in [-0.39, 0.29) is 29.1 Å². The van der Waals surface area contributed by atoms with E-state index in [0.29, 0.717) is 22.9 Å². The molecule has 0 unspecified atom stereocenters. The van der Waals surface area contributed by atoms with Gasteiger partial charge in [-0.2, -0.15) is 18.3 Å². The van der Waals surface area contributed by atoms with Crippen LogP contribution in [0.4, 0.5) is 28.9 Å². The Bertz CT molecular complexity index is 1350. The third kappa shape index (κ3) is 4.90. The van der Waals surface area contributed by atoms with E-state index in [1.165, 1.54) is 29.2 Å². The lowest BCUT2D eigenvalue weighted by atomic mass is 10.0. The van der Waals surface area contributed by atoms with Gasteiger partial charge in [0.1, 0.15) is 5.82 Å². The number of halogens is 4. The number of carbonyl (C=O) groups is 1. The summed E-state index contributed by atoms with van der Waals surface area (Å²) < 4.78 is 57.2. The third-order valence-electron chi connectivity index (χ3n) is 5.02. The SMILES string of the molecule is Cn1ccc(-c2cc(Nc3cc(CC(=O)O)cnc3-c3ccccc3)c(F)cc2C(F)(F)F)n1. The van der Waals surface area contributed by atoms with Crippen LogP contribution in [0.25, 0.3) is 22.5 Å². The van der Waals surface area contributed by atoms with Crippen molar-refractivity contribution in [3.8, 4) is 22.5 Å². The minimum atomic E-state index is -4.80. The fourth-order valence-corrected chi connectivity index (χ4v) is 3.52. The van der Waals surface area contributed by atoms with Crippen LogP contribution in [0.2, 0.25) is 0 Å². The van der Waals surface area contributed by atoms with E-state index < -0.39 is 23.5 Å². The molecule has 0 aliphatic carbocycles. The molecule has 34 heavy (non-hydrogen) atoms. The molecule has 0 spiro atoms. The standard InChI is InChI=1S/C24H18F4N4O2/c1-32-8-7-19(31-32)16-11-20(18(25)12-17(16)24(26,27)28)30-21-9-14(10-22(33)34)13-29-23(21)15-5-3-2-4-6-15/h2-9,11-13,30H,10H2,1H3,(H,33,34).